The smallest absolute Gasteiger partial charge is 0.251 e. The molecular formula is C20H33IN4OS. The van der Waals surface area contributed by atoms with Gasteiger partial charge in [-0.25, -0.2) is 4.99 Å². The summed E-state index contributed by atoms with van der Waals surface area (Å²) in [6.07, 6.45) is 3.52. The molecule has 27 heavy (non-hydrogen) atoms. The Balaban J connectivity index is 0.00000364. The van der Waals surface area contributed by atoms with E-state index in [0.29, 0.717) is 17.4 Å². The molecule has 2 rings (SSSR count). The number of carbonyl (C=O) groups excluding carboxylic acids is 1. The third-order valence-electron chi connectivity index (χ3n) is 4.46. The standard InChI is InChI=1S/C20H32N4OS.HI/c1-4-15(3)24-19(25)17-9-6-8-16(12-17)13-22-20(21-5-2)23-14-18-10-7-11-26-18;/h6,8-9,12,15,18H,4-5,7,10-11,13-14H2,1-3H3,(H,24,25)(H2,21,22,23);1H. The predicted molar refractivity (Wildman–Crippen MR) is 127 cm³/mol. The number of hydrogen-bond donors (Lipinski definition) is 3. The topological polar surface area (TPSA) is 65.5 Å². The van der Waals surface area contributed by atoms with Crippen LogP contribution in [0.15, 0.2) is 29.3 Å². The Hall–Kier alpha value is -0.960. The van der Waals surface area contributed by atoms with Crippen molar-refractivity contribution in [2.75, 3.05) is 18.8 Å². The molecule has 3 N–H and O–H groups in total. The van der Waals surface area contributed by atoms with E-state index in [2.05, 4.69) is 34.8 Å². The number of nitrogens with zero attached hydrogens (tertiary/aromatic N) is 1. The maximum atomic E-state index is 12.3. The Morgan fingerprint density at radius 3 is 2.81 bits per heavy atom. The Morgan fingerprint density at radius 1 is 1.33 bits per heavy atom. The lowest BCUT2D eigenvalue weighted by Gasteiger charge is -2.14. The summed E-state index contributed by atoms with van der Waals surface area (Å²) in [7, 11) is 0. The molecule has 0 aromatic heterocycles. The number of rotatable bonds is 8. The summed E-state index contributed by atoms with van der Waals surface area (Å²) in [4.78, 5) is 17.0. The van der Waals surface area contributed by atoms with Gasteiger partial charge in [0.1, 0.15) is 0 Å². The average Bonchev–Trinajstić information content (AvgIpc) is 3.17. The van der Waals surface area contributed by atoms with Gasteiger partial charge in [0.05, 0.1) is 6.54 Å². The second kappa shape index (κ2) is 13.3. The third-order valence-corrected chi connectivity index (χ3v) is 5.86. The van der Waals surface area contributed by atoms with E-state index in [1.807, 2.05) is 43.0 Å². The summed E-state index contributed by atoms with van der Waals surface area (Å²) < 4.78 is 0. The number of benzene rings is 1. The van der Waals surface area contributed by atoms with Crippen LogP contribution >= 0.6 is 35.7 Å². The number of amides is 1. The van der Waals surface area contributed by atoms with E-state index < -0.39 is 0 Å². The van der Waals surface area contributed by atoms with Crippen LogP contribution in [0.4, 0.5) is 0 Å². The Labute approximate surface area is 185 Å². The fourth-order valence-corrected chi connectivity index (χ4v) is 3.95. The van der Waals surface area contributed by atoms with E-state index in [-0.39, 0.29) is 35.9 Å². The predicted octanol–water partition coefficient (Wildman–Crippen LogP) is 3.78. The molecule has 0 saturated carbocycles. The first kappa shape index (κ1) is 24.1. The van der Waals surface area contributed by atoms with Crippen LogP contribution in [0.2, 0.25) is 0 Å². The first-order valence-electron chi connectivity index (χ1n) is 9.66. The van der Waals surface area contributed by atoms with Gasteiger partial charge in [-0.2, -0.15) is 11.8 Å². The van der Waals surface area contributed by atoms with E-state index in [1.54, 1.807) is 0 Å². The van der Waals surface area contributed by atoms with Gasteiger partial charge in [-0.3, -0.25) is 4.79 Å². The van der Waals surface area contributed by atoms with Gasteiger partial charge in [-0.05, 0) is 56.6 Å². The normalized spacial score (nSPS) is 17.7. The lowest BCUT2D eigenvalue weighted by atomic mass is 10.1. The lowest BCUT2D eigenvalue weighted by molar-refractivity contribution is 0.0939. The molecule has 1 amide bonds. The summed E-state index contributed by atoms with van der Waals surface area (Å²) in [6, 6.07) is 7.90. The molecule has 0 radical (unpaired) electrons. The maximum Gasteiger partial charge on any atom is 0.251 e. The molecule has 2 unspecified atom stereocenters. The van der Waals surface area contributed by atoms with Crippen LogP contribution in [0.25, 0.3) is 0 Å². The Kier molecular flexibility index (Phi) is 11.8. The van der Waals surface area contributed by atoms with Gasteiger partial charge in [0.15, 0.2) is 5.96 Å². The summed E-state index contributed by atoms with van der Waals surface area (Å²) in [5.41, 5.74) is 1.73. The first-order valence-corrected chi connectivity index (χ1v) is 10.7. The highest BCUT2D eigenvalue weighted by Crippen LogP contribution is 2.25. The molecule has 0 spiro atoms. The zero-order chi connectivity index (χ0) is 18.8. The summed E-state index contributed by atoms with van der Waals surface area (Å²) in [6.45, 7) is 8.49. The minimum atomic E-state index is -0.0199. The van der Waals surface area contributed by atoms with Crippen LogP contribution in [0.3, 0.4) is 0 Å². The molecule has 2 atom stereocenters. The molecule has 1 aliphatic heterocycles. The van der Waals surface area contributed by atoms with Crippen molar-refractivity contribution in [2.45, 2.75) is 57.9 Å². The molecule has 5 nitrogen and oxygen atoms in total. The second-order valence-corrected chi connectivity index (χ2v) is 8.10. The monoisotopic (exact) mass is 504 g/mol. The maximum absolute atomic E-state index is 12.3. The summed E-state index contributed by atoms with van der Waals surface area (Å²) in [5, 5.41) is 10.4. The van der Waals surface area contributed by atoms with Gasteiger partial charge in [0.2, 0.25) is 0 Å². The number of guanidine groups is 1. The molecule has 1 aromatic rings. The second-order valence-electron chi connectivity index (χ2n) is 6.69. The van der Waals surface area contributed by atoms with Gasteiger partial charge in [-0.1, -0.05) is 19.1 Å². The van der Waals surface area contributed by atoms with Crippen LogP contribution in [0.5, 0.6) is 0 Å². The van der Waals surface area contributed by atoms with Crippen molar-refractivity contribution >= 4 is 47.6 Å². The first-order chi connectivity index (χ1) is 12.6. The number of thioether (sulfide) groups is 1. The average molecular weight is 504 g/mol. The fraction of sp³-hybridized carbons (Fsp3) is 0.600. The number of carbonyl (C=O) groups is 1. The Morgan fingerprint density at radius 2 is 2.15 bits per heavy atom. The van der Waals surface area contributed by atoms with Crippen LogP contribution in [-0.2, 0) is 6.54 Å². The molecule has 1 aromatic carbocycles. The number of halogens is 1. The quantitative estimate of drug-likeness (QED) is 0.287. The van der Waals surface area contributed by atoms with Crippen LogP contribution < -0.4 is 16.0 Å². The highest BCUT2D eigenvalue weighted by molar-refractivity contribution is 14.0. The van der Waals surface area contributed by atoms with E-state index in [4.69, 9.17) is 0 Å². The summed E-state index contributed by atoms with van der Waals surface area (Å²) in [5.74, 6) is 2.09. The molecule has 1 saturated heterocycles. The zero-order valence-electron chi connectivity index (χ0n) is 16.6. The Bertz CT molecular complexity index is 605. The summed E-state index contributed by atoms with van der Waals surface area (Å²) >= 11 is 2.04. The van der Waals surface area contributed by atoms with Gasteiger partial charge >= 0.3 is 0 Å². The third kappa shape index (κ3) is 8.72. The van der Waals surface area contributed by atoms with Crippen LogP contribution in [0, 0.1) is 0 Å². The van der Waals surface area contributed by atoms with Crippen molar-refractivity contribution in [3.8, 4) is 0 Å². The van der Waals surface area contributed by atoms with E-state index in [1.165, 1.54) is 18.6 Å². The van der Waals surface area contributed by atoms with Gasteiger partial charge in [0.25, 0.3) is 5.91 Å². The SMILES string of the molecule is CCNC(=NCc1cccc(C(=O)NC(C)CC)c1)NCC1CCCS1.I. The lowest BCUT2D eigenvalue weighted by Crippen LogP contribution is -2.40. The van der Waals surface area contributed by atoms with E-state index in [0.717, 1.165) is 31.0 Å². The molecule has 1 fully saturated rings. The van der Waals surface area contributed by atoms with Gasteiger partial charge in [0, 0.05) is 29.9 Å². The van der Waals surface area contributed by atoms with Crippen LogP contribution in [0.1, 0.15) is 56.0 Å². The highest BCUT2D eigenvalue weighted by Gasteiger charge is 2.15. The molecule has 7 heteroatoms. The largest absolute Gasteiger partial charge is 0.357 e. The minimum Gasteiger partial charge on any atom is -0.357 e. The molecule has 152 valence electrons. The highest BCUT2D eigenvalue weighted by atomic mass is 127. The van der Waals surface area contributed by atoms with E-state index >= 15 is 0 Å². The molecule has 0 aliphatic carbocycles. The van der Waals surface area contributed by atoms with Crippen molar-refractivity contribution in [3.05, 3.63) is 35.4 Å². The minimum absolute atomic E-state index is 0. The molecular weight excluding hydrogens is 471 g/mol. The van der Waals surface area contributed by atoms with Gasteiger partial charge in [-0.15, -0.1) is 24.0 Å². The number of nitrogens with one attached hydrogen (secondary N) is 3. The molecule has 0 bridgehead atoms. The van der Waals surface area contributed by atoms with Crippen molar-refractivity contribution in [1.29, 1.82) is 0 Å². The van der Waals surface area contributed by atoms with Crippen molar-refractivity contribution in [1.82, 2.24) is 16.0 Å². The number of aliphatic imine (C=N–C) groups is 1. The molecule has 1 heterocycles. The van der Waals surface area contributed by atoms with Crippen molar-refractivity contribution < 1.29 is 4.79 Å². The van der Waals surface area contributed by atoms with Crippen LogP contribution in [-0.4, -0.2) is 42.0 Å². The number of hydrogen-bond acceptors (Lipinski definition) is 3. The fourth-order valence-electron chi connectivity index (χ4n) is 2.75. The van der Waals surface area contributed by atoms with Gasteiger partial charge < -0.3 is 16.0 Å². The van der Waals surface area contributed by atoms with Crippen molar-refractivity contribution in [3.63, 3.8) is 0 Å². The zero-order valence-corrected chi connectivity index (χ0v) is 19.7. The van der Waals surface area contributed by atoms with Crippen molar-refractivity contribution in [2.24, 2.45) is 4.99 Å². The van der Waals surface area contributed by atoms with E-state index in [9.17, 15) is 4.79 Å². The molecule has 1 aliphatic rings.